The summed E-state index contributed by atoms with van der Waals surface area (Å²) in [6.07, 6.45) is 9.86. The van der Waals surface area contributed by atoms with E-state index in [2.05, 4.69) is 38.7 Å². The summed E-state index contributed by atoms with van der Waals surface area (Å²) in [5.41, 5.74) is 1.22. The fraction of sp³-hybridized carbons (Fsp3) is 0.762. The lowest BCUT2D eigenvalue weighted by Gasteiger charge is -2.54. The number of carbonyl (C=O) groups excluding carboxylic acids is 1. The maximum atomic E-state index is 12.3. The molecule has 2 bridgehead atoms. The molecule has 2 fully saturated rings. The molecule has 0 radical (unpaired) electrons. The van der Waals surface area contributed by atoms with Gasteiger partial charge in [-0.3, -0.25) is 0 Å². The Bertz CT molecular complexity index is 537. The van der Waals surface area contributed by atoms with Crippen LogP contribution in [0.5, 0.6) is 0 Å². The number of allylic oxidation sites excluding steroid dienone is 1. The third kappa shape index (κ3) is 3.51. The summed E-state index contributed by atoms with van der Waals surface area (Å²) in [5.74, 6) is 1.05. The molecule has 1 N–H and O–H groups in total. The van der Waals surface area contributed by atoms with Crippen molar-refractivity contribution in [3.8, 4) is 0 Å². The Morgan fingerprint density at radius 3 is 2.80 bits per heavy atom. The van der Waals surface area contributed by atoms with Crippen molar-refractivity contribution in [2.24, 2.45) is 23.2 Å². The first-order valence-electron chi connectivity index (χ1n) is 9.83. The summed E-state index contributed by atoms with van der Waals surface area (Å²) >= 11 is 0. The van der Waals surface area contributed by atoms with Gasteiger partial charge in [0.2, 0.25) is 0 Å². The van der Waals surface area contributed by atoms with Gasteiger partial charge in [0.05, 0.1) is 12.7 Å². The Labute approximate surface area is 152 Å². The van der Waals surface area contributed by atoms with Crippen molar-refractivity contribution >= 4 is 6.09 Å². The van der Waals surface area contributed by atoms with Gasteiger partial charge in [-0.1, -0.05) is 50.8 Å². The molecule has 3 aliphatic rings. The van der Waals surface area contributed by atoms with Crippen LogP contribution in [0, 0.1) is 23.2 Å². The zero-order valence-corrected chi connectivity index (χ0v) is 15.9. The molecule has 4 nitrogen and oxygen atoms in total. The lowest BCUT2D eigenvalue weighted by atomic mass is 9.56. The van der Waals surface area contributed by atoms with Gasteiger partial charge in [0.15, 0.2) is 0 Å². The minimum Gasteiger partial charge on any atom is -0.449 e. The van der Waals surface area contributed by atoms with Gasteiger partial charge in [0.1, 0.15) is 6.61 Å². The second-order valence-corrected chi connectivity index (χ2v) is 8.31. The number of amides is 1. The first-order chi connectivity index (χ1) is 12.0. The van der Waals surface area contributed by atoms with Crippen molar-refractivity contribution in [3.05, 3.63) is 24.3 Å². The van der Waals surface area contributed by atoms with Crippen molar-refractivity contribution in [1.29, 1.82) is 0 Å². The molecular formula is C21H33NO3. The second-order valence-electron chi connectivity index (χ2n) is 8.31. The molecule has 0 spiro atoms. The molecule has 1 amide bonds. The summed E-state index contributed by atoms with van der Waals surface area (Å²) in [7, 11) is 0. The smallest absolute Gasteiger partial charge is 0.407 e. The first kappa shape index (κ1) is 18.5. The highest BCUT2D eigenvalue weighted by Gasteiger charge is 2.53. The SMILES string of the molecule is C=C[C@H]1OC[C@@]2(COC(=O)NC3CCCCC3)[C@H](C)C=C(C)[C@@H]1[C@H]2C. The van der Waals surface area contributed by atoms with Crippen molar-refractivity contribution in [2.75, 3.05) is 13.2 Å². The number of nitrogens with one attached hydrogen (secondary N) is 1. The lowest BCUT2D eigenvalue weighted by molar-refractivity contribution is -0.149. The zero-order valence-electron chi connectivity index (χ0n) is 15.9. The van der Waals surface area contributed by atoms with Gasteiger partial charge in [-0.25, -0.2) is 4.79 Å². The van der Waals surface area contributed by atoms with E-state index in [4.69, 9.17) is 9.47 Å². The molecule has 0 aromatic rings. The highest BCUT2D eigenvalue weighted by Crippen LogP contribution is 2.52. The number of carbonyl (C=O) groups is 1. The fourth-order valence-electron chi connectivity index (χ4n) is 5.17. The van der Waals surface area contributed by atoms with Crippen LogP contribution in [0.2, 0.25) is 0 Å². The number of hydrogen-bond acceptors (Lipinski definition) is 3. The van der Waals surface area contributed by atoms with Crippen LogP contribution in [0.4, 0.5) is 4.79 Å². The molecule has 25 heavy (non-hydrogen) atoms. The number of alkyl carbamates (subject to hydrolysis) is 1. The molecule has 2 aliphatic carbocycles. The predicted octanol–water partition coefficient (Wildman–Crippen LogP) is 4.46. The molecule has 140 valence electrons. The van der Waals surface area contributed by atoms with Crippen LogP contribution >= 0.6 is 0 Å². The van der Waals surface area contributed by atoms with Gasteiger partial charge < -0.3 is 14.8 Å². The number of fused-ring (bicyclic) bond motifs is 2. The topological polar surface area (TPSA) is 47.6 Å². The zero-order chi connectivity index (χ0) is 18.0. The average molecular weight is 347 g/mol. The maximum Gasteiger partial charge on any atom is 0.407 e. The van der Waals surface area contributed by atoms with Gasteiger partial charge in [-0.15, -0.1) is 6.58 Å². The molecule has 1 saturated carbocycles. The van der Waals surface area contributed by atoms with Crippen molar-refractivity contribution in [1.82, 2.24) is 5.32 Å². The van der Waals surface area contributed by atoms with E-state index in [0.717, 1.165) is 12.8 Å². The molecule has 1 saturated heterocycles. The second kappa shape index (κ2) is 7.53. The third-order valence-corrected chi connectivity index (χ3v) is 6.92. The summed E-state index contributed by atoms with van der Waals surface area (Å²) in [5, 5.41) is 3.05. The van der Waals surface area contributed by atoms with E-state index in [9.17, 15) is 4.79 Å². The van der Waals surface area contributed by atoms with Gasteiger partial charge in [-0.2, -0.15) is 0 Å². The number of ether oxygens (including phenoxy) is 2. The molecule has 5 atom stereocenters. The molecule has 0 aromatic carbocycles. The van der Waals surface area contributed by atoms with Crippen LogP contribution < -0.4 is 5.32 Å². The normalized spacial score (nSPS) is 38.6. The van der Waals surface area contributed by atoms with E-state index in [0.29, 0.717) is 31.0 Å². The molecule has 1 heterocycles. The fourth-order valence-corrected chi connectivity index (χ4v) is 5.17. The number of hydrogen-bond donors (Lipinski definition) is 1. The Kier molecular flexibility index (Phi) is 5.57. The molecule has 0 unspecified atom stereocenters. The minimum atomic E-state index is -0.269. The first-order valence-corrected chi connectivity index (χ1v) is 9.83. The predicted molar refractivity (Wildman–Crippen MR) is 99.3 cm³/mol. The summed E-state index contributed by atoms with van der Waals surface area (Å²) in [6, 6.07) is 0.280. The van der Waals surface area contributed by atoms with Gasteiger partial charge in [0, 0.05) is 17.4 Å². The Morgan fingerprint density at radius 1 is 1.40 bits per heavy atom. The summed E-state index contributed by atoms with van der Waals surface area (Å²) < 4.78 is 11.8. The number of rotatable bonds is 4. The summed E-state index contributed by atoms with van der Waals surface area (Å²) in [6.45, 7) is 11.6. The van der Waals surface area contributed by atoms with E-state index in [-0.39, 0.29) is 23.7 Å². The Balaban J connectivity index is 1.66. The molecule has 4 heteroatoms. The van der Waals surface area contributed by atoms with E-state index in [1.165, 1.54) is 24.8 Å². The van der Waals surface area contributed by atoms with Crippen LogP contribution in [0.1, 0.15) is 52.9 Å². The standard InChI is InChI=1S/C21H33NO3/c1-5-18-19-14(2)11-15(3)21(12-24-18,16(19)4)13-25-20(23)22-17-9-7-6-8-10-17/h5,11,15-19H,1,6-10,12-13H2,2-4H3,(H,22,23)/t15-,16-,18-,19-,21-/m1/s1. The Morgan fingerprint density at radius 2 is 2.12 bits per heavy atom. The van der Waals surface area contributed by atoms with Crippen LogP contribution in [-0.2, 0) is 9.47 Å². The monoisotopic (exact) mass is 347 g/mol. The third-order valence-electron chi connectivity index (χ3n) is 6.92. The molecule has 3 rings (SSSR count). The average Bonchev–Trinajstić information content (AvgIpc) is 2.59. The van der Waals surface area contributed by atoms with Crippen molar-refractivity contribution in [2.45, 2.75) is 65.0 Å². The van der Waals surface area contributed by atoms with Crippen LogP contribution in [0.15, 0.2) is 24.3 Å². The largest absolute Gasteiger partial charge is 0.449 e. The highest BCUT2D eigenvalue weighted by molar-refractivity contribution is 5.67. The molecule has 1 aliphatic heterocycles. The summed E-state index contributed by atoms with van der Waals surface area (Å²) in [4.78, 5) is 12.3. The van der Waals surface area contributed by atoms with E-state index in [1.807, 2.05) is 6.08 Å². The van der Waals surface area contributed by atoms with E-state index in [1.54, 1.807) is 0 Å². The van der Waals surface area contributed by atoms with Crippen LogP contribution in [0.25, 0.3) is 0 Å². The molecular weight excluding hydrogens is 314 g/mol. The lowest BCUT2D eigenvalue weighted by Crippen LogP contribution is -2.56. The minimum absolute atomic E-state index is 0.0583. The van der Waals surface area contributed by atoms with Crippen LogP contribution in [0.3, 0.4) is 0 Å². The Hall–Kier alpha value is -1.29. The highest BCUT2D eigenvalue weighted by atomic mass is 16.6. The van der Waals surface area contributed by atoms with Gasteiger partial charge >= 0.3 is 6.09 Å². The van der Waals surface area contributed by atoms with Crippen molar-refractivity contribution in [3.63, 3.8) is 0 Å². The van der Waals surface area contributed by atoms with E-state index < -0.39 is 0 Å². The molecule has 0 aromatic heterocycles. The van der Waals surface area contributed by atoms with Gasteiger partial charge in [-0.05, 0) is 31.6 Å². The van der Waals surface area contributed by atoms with E-state index >= 15 is 0 Å². The van der Waals surface area contributed by atoms with Gasteiger partial charge in [0.25, 0.3) is 0 Å². The maximum absolute atomic E-state index is 12.3. The van der Waals surface area contributed by atoms with Crippen molar-refractivity contribution < 1.29 is 14.3 Å². The quantitative estimate of drug-likeness (QED) is 0.764. The van der Waals surface area contributed by atoms with Crippen LogP contribution in [-0.4, -0.2) is 31.5 Å².